The van der Waals surface area contributed by atoms with E-state index in [1.807, 2.05) is 22.9 Å². The maximum Gasteiger partial charge on any atom is 0.168 e. The molecule has 1 aliphatic heterocycles. The average molecular weight is 406 g/mol. The van der Waals surface area contributed by atoms with E-state index in [9.17, 15) is 4.39 Å². The lowest BCUT2D eigenvalue weighted by Crippen LogP contribution is -2.37. The number of halogens is 1. The summed E-state index contributed by atoms with van der Waals surface area (Å²) in [7, 11) is 0. The molecule has 0 amide bonds. The Labute approximate surface area is 177 Å². The standard InChI is InChI=1S/C24H28FN5/c1-18(2)23(24-26-27-28-30(24)17-12-19-6-4-3-5-7-19)29-15-13-21(14-16-29)20-8-10-22(25)11-9-20/h3-11,13,18,23H,12,14-17H2,1-2H3. The second kappa shape index (κ2) is 9.30. The predicted octanol–water partition coefficient (Wildman–Crippen LogP) is 4.54. The summed E-state index contributed by atoms with van der Waals surface area (Å²) >= 11 is 0. The molecular weight excluding hydrogens is 377 g/mol. The lowest BCUT2D eigenvalue weighted by atomic mass is 9.95. The fourth-order valence-electron chi connectivity index (χ4n) is 4.21. The zero-order chi connectivity index (χ0) is 20.9. The van der Waals surface area contributed by atoms with Crippen LogP contribution in [0.3, 0.4) is 0 Å². The first-order valence-electron chi connectivity index (χ1n) is 10.6. The fourth-order valence-corrected chi connectivity index (χ4v) is 4.21. The first-order chi connectivity index (χ1) is 14.6. The summed E-state index contributed by atoms with van der Waals surface area (Å²) in [5, 5.41) is 12.7. The third-order valence-electron chi connectivity index (χ3n) is 5.76. The molecule has 1 atom stereocenters. The van der Waals surface area contributed by atoms with Crippen LogP contribution in [0.2, 0.25) is 0 Å². The van der Waals surface area contributed by atoms with Gasteiger partial charge in [-0.1, -0.05) is 62.4 Å². The highest BCUT2D eigenvalue weighted by atomic mass is 19.1. The number of aryl methyl sites for hydroxylation is 2. The molecule has 6 heteroatoms. The van der Waals surface area contributed by atoms with E-state index in [0.717, 1.165) is 43.9 Å². The van der Waals surface area contributed by atoms with E-state index in [0.29, 0.717) is 5.92 Å². The molecule has 1 unspecified atom stereocenters. The molecule has 0 saturated heterocycles. The van der Waals surface area contributed by atoms with Crippen LogP contribution < -0.4 is 0 Å². The Morgan fingerprint density at radius 2 is 1.80 bits per heavy atom. The minimum atomic E-state index is -0.195. The molecule has 0 spiro atoms. The lowest BCUT2D eigenvalue weighted by molar-refractivity contribution is 0.158. The Balaban J connectivity index is 1.49. The molecule has 2 aromatic carbocycles. The quantitative estimate of drug-likeness (QED) is 0.579. The highest BCUT2D eigenvalue weighted by Gasteiger charge is 2.30. The molecule has 3 aromatic rings. The van der Waals surface area contributed by atoms with Gasteiger partial charge in [-0.2, -0.15) is 0 Å². The van der Waals surface area contributed by atoms with Gasteiger partial charge in [-0.25, -0.2) is 9.07 Å². The third-order valence-corrected chi connectivity index (χ3v) is 5.76. The number of hydrogen-bond acceptors (Lipinski definition) is 4. The zero-order valence-corrected chi connectivity index (χ0v) is 17.6. The van der Waals surface area contributed by atoms with Crippen molar-refractivity contribution in [1.82, 2.24) is 25.1 Å². The van der Waals surface area contributed by atoms with E-state index < -0.39 is 0 Å². The molecule has 0 fully saturated rings. The summed E-state index contributed by atoms with van der Waals surface area (Å²) in [6.45, 7) is 6.97. The summed E-state index contributed by atoms with van der Waals surface area (Å²) < 4.78 is 15.2. The Bertz CT molecular complexity index is 978. The van der Waals surface area contributed by atoms with E-state index in [2.05, 4.69) is 64.6 Å². The van der Waals surface area contributed by atoms with Gasteiger partial charge in [0.2, 0.25) is 0 Å². The Kier molecular flexibility index (Phi) is 6.33. The lowest BCUT2D eigenvalue weighted by Gasteiger charge is -2.35. The zero-order valence-electron chi connectivity index (χ0n) is 17.6. The Morgan fingerprint density at radius 3 is 2.47 bits per heavy atom. The Morgan fingerprint density at radius 1 is 1.03 bits per heavy atom. The van der Waals surface area contributed by atoms with Gasteiger partial charge in [-0.3, -0.25) is 4.90 Å². The van der Waals surface area contributed by atoms with Gasteiger partial charge in [0, 0.05) is 19.6 Å². The molecule has 4 rings (SSSR count). The number of tetrazole rings is 1. The van der Waals surface area contributed by atoms with Gasteiger partial charge in [-0.15, -0.1) is 5.10 Å². The van der Waals surface area contributed by atoms with Gasteiger partial charge in [0.15, 0.2) is 5.82 Å². The largest absolute Gasteiger partial charge is 0.289 e. The number of rotatable bonds is 7. The number of aromatic nitrogens is 4. The van der Waals surface area contributed by atoms with Crippen molar-refractivity contribution in [1.29, 1.82) is 0 Å². The third kappa shape index (κ3) is 4.65. The summed E-state index contributed by atoms with van der Waals surface area (Å²) in [5.74, 6) is 1.12. The van der Waals surface area contributed by atoms with Crippen molar-refractivity contribution in [3.63, 3.8) is 0 Å². The van der Waals surface area contributed by atoms with Crippen LogP contribution in [0.25, 0.3) is 5.57 Å². The molecule has 2 heterocycles. The molecule has 1 aromatic heterocycles. The maximum absolute atomic E-state index is 13.2. The molecule has 0 bridgehead atoms. The van der Waals surface area contributed by atoms with Crippen LogP contribution in [0.4, 0.5) is 4.39 Å². The van der Waals surface area contributed by atoms with Crippen LogP contribution in [0, 0.1) is 11.7 Å². The second-order valence-electron chi connectivity index (χ2n) is 8.17. The molecule has 1 aliphatic rings. The van der Waals surface area contributed by atoms with Crippen molar-refractivity contribution >= 4 is 5.57 Å². The van der Waals surface area contributed by atoms with Gasteiger partial charge in [0.25, 0.3) is 0 Å². The van der Waals surface area contributed by atoms with Crippen LogP contribution in [-0.2, 0) is 13.0 Å². The van der Waals surface area contributed by atoms with Gasteiger partial charge in [0.05, 0.1) is 6.04 Å². The maximum atomic E-state index is 13.2. The minimum absolute atomic E-state index is 0.154. The summed E-state index contributed by atoms with van der Waals surface area (Å²) in [5.41, 5.74) is 3.66. The van der Waals surface area contributed by atoms with Crippen molar-refractivity contribution in [3.05, 3.63) is 83.4 Å². The highest BCUT2D eigenvalue weighted by Crippen LogP contribution is 2.31. The molecule has 30 heavy (non-hydrogen) atoms. The molecule has 0 radical (unpaired) electrons. The van der Waals surface area contributed by atoms with Crippen molar-refractivity contribution in [2.45, 2.75) is 39.3 Å². The van der Waals surface area contributed by atoms with Crippen molar-refractivity contribution in [2.75, 3.05) is 13.1 Å². The summed E-state index contributed by atoms with van der Waals surface area (Å²) in [6.07, 6.45) is 4.09. The van der Waals surface area contributed by atoms with Crippen molar-refractivity contribution in [3.8, 4) is 0 Å². The van der Waals surface area contributed by atoms with E-state index in [-0.39, 0.29) is 11.9 Å². The smallest absolute Gasteiger partial charge is 0.168 e. The predicted molar refractivity (Wildman–Crippen MR) is 116 cm³/mol. The first-order valence-corrected chi connectivity index (χ1v) is 10.6. The molecule has 0 N–H and O–H groups in total. The molecule has 5 nitrogen and oxygen atoms in total. The second-order valence-corrected chi connectivity index (χ2v) is 8.17. The normalized spacial score (nSPS) is 15.9. The molecule has 0 saturated carbocycles. The van der Waals surface area contributed by atoms with E-state index in [1.54, 1.807) is 0 Å². The highest BCUT2D eigenvalue weighted by molar-refractivity contribution is 5.66. The van der Waals surface area contributed by atoms with Crippen molar-refractivity contribution < 1.29 is 4.39 Å². The van der Waals surface area contributed by atoms with Crippen molar-refractivity contribution in [2.24, 2.45) is 5.92 Å². The molecular formula is C24H28FN5. The number of hydrogen-bond donors (Lipinski definition) is 0. The minimum Gasteiger partial charge on any atom is -0.289 e. The van der Waals surface area contributed by atoms with Gasteiger partial charge < -0.3 is 0 Å². The number of nitrogens with zero attached hydrogens (tertiary/aromatic N) is 5. The van der Waals surface area contributed by atoms with E-state index >= 15 is 0 Å². The summed E-state index contributed by atoms with van der Waals surface area (Å²) in [4.78, 5) is 2.45. The monoisotopic (exact) mass is 405 g/mol. The molecule has 0 aliphatic carbocycles. The van der Waals surface area contributed by atoms with Crippen LogP contribution in [0.1, 0.15) is 43.3 Å². The first kappa shape index (κ1) is 20.4. The topological polar surface area (TPSA) is 46.8 Å². The fraction of sp³-hybridized carbons (Fsp3) is 0.375. The van der Waals surface area contributed by atoms with Gasteiger partial charge in [0.1, 0.15) is 5.82 Å². The average Bonchev–Trinajstić information content (AvgIpc) is 3.22. The molecule has 156 valence electrons. The van der Waals surface area contributed by atoms with Gasteiger partial charge >= 0.3 is 0 Å². The number of benzene rings is 2. The summed E-state index contributed by atoms with van der Waals surface area (Å²) in [6, 6.07) is 17.4. The SMILES string of the molecule is CC(C)C(c1nnnn1CCc1ccccc1)N1CC=C(c2ccc(F)cc2)CC1. The van der Waals surface area contributed by atoms with Gasteiger partial charge in [-0.05, 0) is 58.0 Å². The van der Waals surface area contributed by atoms with E-state index in [4.69, 9.17) is 0 Å². The Hall–Kier alpha value is -2.86. The van der Waals surface area contributed by atoms with Crippen LogP contribution in [0.5, 0.6) is 0 Å². The van der Waals surface area contributed by atoms with Crippen LogP contribution in [-0.4, -0.2) is 38.2 Å². The van der Waals surface area contributed by atoms with Crippen LogP contribution in [0.15, 0.2) is 60.7 Å². The van der Waals surface area contributed by atoms with Crippen LogP contribution >= 0.6 is 0 Å². The van der Waals surface area contributed by atoms with E-state index in [1.165, 1.54) is 23.3 Å².